The summed E-state index contributed by atoms with van der Waals surface area (Å²) in [6.45, 7) is 5.99. The summed E-state index contributed by atoms with van der Waals surface area (Å²) in [6.07, 6.45) is 2.44. The SMILES string of the molecule is CCCCOCC.O=S(=O)(O)Cl. The highest BCUT2D eigenvalue weighted by atomic mass is 35.7. The maximum absolute atomic E-state index is 8.95. The Kier molecular flexibility index (Phi) is 11.3. The Labute approximate surface area is 78.1 Å². The molecule has 0 spiro atoms. The molecule has 0 aliphatic rings. The van der Waals surface area contributed by atoms with Gasteiger partial charge in [0.25, 0.3) is 0 Å². The topological polar surface area (TPSA) is 63.6 Å². The van der Waals surface area contributed by atoms with Gasteiger partial charge in [0.1, 0.15) is 0 Å². The van der Waals surface area contributed by atoms with Gasteiger partial charge in [0, 0.05) is 23.9 Å². The molecule has 0 radical (unpaired) electrons. The van der Waals surface area contributed by atoms with E-state index in [1.165, 1.54) is 12.8 Å². The number of hydrogen-bond acceptors (Lipinski definition) is 3. The molecular weight excluding hydrogens is 204 g/mol. The third-order valence-electron chi connectivity index (χ3n) is 0.846. The third kappa shape index (κ3) is 49.3. The number of rotatable bonds is 4. The van der Waals surface area contributed by atoms with Crippen LogP contribution in [0.25, 0.3) is 0 Å². The Hall–Kier alpha value is 0.160. The standard InChI is InChI=1S/C6H14O.ClHO3S/c1-3-5-6-7-4-2;1-5(2,3)4/h3-6H2,1-2H3;(H,2,3,4). The lowest BCUT2D eigenvalue weighted by Crippen LogP contribution is -1.90. The predicted octanol–water partition coefficient (Wildman–Crippen LogP) is 1.85. The lowest BCUT2D eigenvalue weighted by atomic mass is 10.4. The van der Waals surface area contributed by atoms with E-state index in [0.717, 1.165) is 13.2 Å². The van der Waals surface area contributed by atoms with Gasteiger partial charge in [0.2, 0.25) is 0 Å². The van der Waals surface area contributed by atoms with Crippen LogP contribution in [0.4, 0.5) is 0 Å². The number of halogens is 1. The minimum Gasteiger partial charge on any atom is -0.382 e. The summed E-state index contributed by atoms with van der Waals surface area (Å²) in [4.78, 5) is 0. The fourth-order valence-corrected chi connectivity index (χ4v) is 0.391. The summed E-state index contributed by atoms with van der Waals surface area (Å²) in [6, 6.07) is 0. The van der Waals surface area contributed by atoms with Crippen molar-refractivity contribution in [3.05, 3.63) is 0 Å². The number of unbranched alkanes of at least 4 members (excludes halogenated alkanes) is 1. The van der Waals surface area contributed by atoms with Crippen LogP contribution in [0.3, 0.4) is 0 Å². The van der Waals surface area contributed by atoms with E-state index in [2.05, 4.69) is 17.6 Å². The van der Waals surface area contributed by atoms with Crippen LogP contribution in [0.15, 0.2) is 0 Å². The molecule has 0 rings (SSSR count). The van der Waals surface area contributed by atoms with Crippen molar-refractivity contribution >= 4 is 20.0 Å². The molecular formula is C6H15ClO4S. The second-order valence-corrected chi connectivity index (χ2v) is 3.96. The summed E-state index contributed by atoms with van der Waals surface area (Å²) in [5, 5.41) is 0. The van der Waals surface area contributed by atoms with Crippen LogP contribution in [-0.4, -0.2) is 26.2 Å². The first-order chi connectivity index (χ1) is 5.41. The lowest BCUT2D eigenvalue weighted by Gasteiger charge is -1.94. The monoisotopic (exact) mass is 218 g/mol. The minimum atomic E-state index is -4.19. The van der Waals surface area contributed by atoms with Crippen molar-refractivity contribution in [3.63, 3.8) is 0 Å². The van der Waals surface area contributed by atoms with Gasteiger partial charge in [-0.3, -0.25) is 4.55 Å². The van der Waals surface area contributed by atoms with Crippen molar-refractivity contribution < 1.29 is 17.7 Å². The minimum absolute atomic E-state index is 0.861. The molecule has 0 bridgehead atoms. The molecule has 76 valence electrons. The Morgan fingerprint density at radius 2 is 1.83 bits per heavy atom. The summed E-state index contributed by atoms with van der Waals surface area (Å²) >= 11 is 0. The highest BCUT2D eigenvalue weighted by Crippen LogP contribution is 1.85. The molecule has 0 fully saturated rings. The van der Waals surface area contributed by atoms with Gasteiger partial charge in [0.05, 0.1) is 0 Å². The molecule has 0 aliphatic carbocycles. The zero-order chi connectivity index (χ0) is 10.0. The first-order valence-electron chi connectivity index (χ1n) is 3.66. The van der Waals surface area contributed by atoms with Crippen LogP contribution in [0.1, 0.15) is 26.7 Å². The molecule has 0 atom stereocenters. The molecule has 0 aromatic heterocycles. The van der Waals surface area contributed by atoms with Gasteiger partial charge >= 0.3 is 9.33 Å². The van der Waals surface area contributed by atoms with Crippen molar-refractivity contribution in [1.29, 1.82) is 0 Å². The van der Waals surface area contributed by atoms with Crippen molar-refractivity contribution in [2.24, 2.45) is 0 Å². The van der Waals surface area contributed by atoms with E-state index in [4.69, 9.17) is 17.7 Å². The van der Waals surface area contributed by atoms with Crippen LogP contribution < -0.4 is 0 Å². The maximum atomic E-state index is 8.95. The van der Waals surface area contributed by atoms with Crippen molar-refractivity contribution in [3.8, 4) is 0 Å². The van der Waals surface area contributed by atoms with Crippen LogP contribution >= 0.6 is 10.7 Å². The van der Waals surface area contributed by atoms with Gasteiger partial charge < -0.3 is 4.74 Å². The molecule has 0 heterocycles. The smallest absolute Gasteiger partial charge is 0.353 e. The normalized spacial score (nSPS) is 10.3. The van der Waals surface area contributed by atoms with Crippen molar-refractivity contribution in [1.82, 2.24) is 0 Å². The molecule has 1 N–H and O–H groups in total. The van der Waals surface area contributed by atoms with Crippen LogP contribution in [0, 0.1) is 0 Å². The highest BCUT2D eigenvalue weighted by molar-refractivity contribution is 8.09. The second-order valence-electron chi connectivity index (χ2n) is 1.96. The molecule has 0 unspecified atom stereocenters. The molecule has 12 heavy (non-hydrogen) atoms. The average molecular weight is 219 g/mol. The third-order valence-corrected chi connectivity index (χ3v) is 0.846. The molecule has 6 heteroatoms. The lowest BCUT2D eigenvalue weighted by molar-refractivity contribution is 0.144. The zero-order valence-corrected chi connectivity index (χ0v) is 8.86. The van der Waals surface area contributed by atoms with E-state index in [1.807, 2.05) is 6.92 Å². The molecule has 0 saturated heterocycles. The molecule has 0 aliphatic heterocycles. The summed E-state index contributed by atoms with van der Waals surface area (Å²) in [7, 11) is -0.137. The van der Waals surface area contributed by atoms with E-state index >= 15 is 0 Å². The van der Waals surface area contributed by atoms with E-state index in [9.17, 15) is 0 Å². The van der Waals surface area contributed by atoms with Gasteiger partial charge in [-0.1, -0.05) is 13.3 Å². The number of ether oxygens (including phenoxy) is 1. The Morgan fingerprint density at radius 1 is 1.42 bits per heavy atom. The van der Waals surface area contributed by atoms with Gasteiger partial charge in [-0.25, -0.2) is 0 Å². The van der Waals surface area contributed by atoms with Crippen molar-refractivity contribution in [2.75, 3.05) is 13.2 Å². The Morgan fingerprint density at radius 3 is 2.08 bits per heavy atom. The first kappa shape index (κ1) is 14.7. The van der Waals surface area contributed by atoms with Gasteiger partial charge in [-0.05, 0) is 13.3 Å². The van der Waals surface area contributed by atoms with Crippen LogP contribution in [0.2, 0.25) is 0 Å². The van der Waals surface area contributed by atoms with E-state index in [1.54, 1.807) is 0 Å². The first-order valence-corrected chi connectivity index (χ1v) is 5.93. The molecule has 0 amide bonds. The van der Waals surface area contributed by atoms with E-state index in [0.29, 0.717) is 0 Å². The zero-order valence-electron chi connectivity index (χ0n) is 7.29. The van der Waals surface area contributed by atoms with Gasteiger partial charge in [0.15, 0.2) is 0 Å². The van der Waals surface area contributed by atoms with E-state index in [-0.39, 0.29) is 0 Å². The fourth-order valence-electron chi connectivity index (χ4n) is 0.391. The summed E-state index contributed by atoms with van der Waals surface area (Å²) in [5.41, 5.74) is 0. The summed E-state index contributed by atoms with van der Waals surface area (Å²) < 4.78 is 30.2. The molecule has 0 saturated carbocycles. The van der Waals surface area contributed by atoms with Crippen LogP contribution in [0.5, 0.6) is 0 Å². The average Bonchev–Trinajstić information content (AvgIpc) is 1.85. The Bertz CT molecular complexity index is 154. The van der Waals surface area contributed by atoms with Crippen molar-refractivity contribution in [2.45, 2.75) is 26.7 Å². The van der Waals surface area contributed by atoms with Gasteiger partial charge in [-0.15, -0.1) is 0 Å². The predicted molar refractivity (Wildman–Crippen MR) is 48.8 cm³/mol. The molecule has 4 nitrogen and oxygen atoms in total. The van der Waals surface area contributed by atoms with Crippen LogP contribution in [-0.2, 0) is 14.1 Å². The highest BCUT2D eigenvalue weighted by Gasteiger charge is 1.86. The quantitative estimate of drug-likeness (QED) is 0.444. The second kappa shape index (κ2) is 9.25. The summed E-state index contributed by atoms with van der Waals surface area (Å²) in [5.74, 6) is 0. The largest absolute Gasteiger partial charge is 0.382 e. The fraction of sp³-hybridized carbons (Fsp3) is 1.00. The van der Waals surface area contributed by atoms with Gasteiger partial charge in [-0.2, -0.15) is 8.42 Å². The maximum Gasteiger partial charge on any atom is 0.353 e. The van der Waals surface area contributed by atoms with E-state index < -0.39 is 9.33 Å². The molecule has 0 aromatic carbocycles. The Balaban J connectivity index is 0. The number of hydrogen-bond donors (Lipinski definition) is 1. The molecule has 0 aromatic rings.